The molecule has 114 valence electrons. The van der Waals surface area contributed by atoms with E-state index in [-0.39, 0.29) is 11.8 Å². The van der Waals surface area contributed by atoms with E-state index >= 15 is 0 Å². The Kier molecular flexibility index (Phi) is 3.18. The van der Waals surface area contributed by atoms with Crippen molar-refractivity contribution in [2.45, 2.75) is 38.1 Å². The summed E-state index contributed by atoms with van der Waals surface area (Å²) in [5.41, 5.74) is 1.91. The molecule has 2 aromatic rings. The van der Waals surface area contributed by atoms with Crippen molar-refractivity contribution in [1.82, 2.24) is 15.0 Å². The lowest BCUT2D eigenvalue weighted by Crippen LogP contribution is -2.27. The fraction of sp³-hybridized carbons (Fsp3) is 0.438. The second kappa shape index (κ2) is 5.09. The number of nitrogens with zero attached hydrogens (tertiary/aromatic N) is 3. The number of carbonyl (C=O) groups is 1. The second-order valence-corrected chi connectivity index (χ2v) is 6.53. The van der Waals surface area contributed by atoms with E-state index in [4.69, 9.17) is 16.1 Å². The monoisotopic (exact) mass is 317 g/mol. The van der Waals surface area contributed by atoms with Crippen molar-refractivity contribution < 1.29 is 9.32 Å². The van der Waals surface area contributed by atoms with Gasteiger partial charge in [-0.05, 0) is 37.5 Å². The first-order valence-corrected chi connectivity index (χ1v) is 7.89. The quantitative estimate of drug-likeness (QED) is 0.872. The Morgan fingerprint density at radius 1 is 1.36 bits per heavy atom. The summed E-state index contributed by atoms with van der Waals surface area (Å²) in [6, 6.07) is 6.05. The van der Waals surface area contributed by atoms with E-state index in [2.05, 4.69) is 10.1 Å². The highest BCUT2D eigenvalue weighted by Gasteiger charge is 2.41. The summed E-state index contributed by atoms with van der Waals surface area (Å²) in [5, 5.41) is 4.71. The zero-order valence-corrected chi connectivity index (χ0v) is 13.0. The first kappa shape index (κ1) is 13.8. The number of halogens is 1. The van der Waals surface area contributed by atoms with Crippen LogP contribution in [0, 0.1) is 6.92 Å². The molecule has 0 radical (unpaired) electrons. The number of likely N-dealkylation sites (tertiary alicyclic amines) is 1. The zero-order chi connectivity index (χ0) is 15.3. The van der Waals surface area contributed by atoms with Crippen LogP contribution in [0.1, 0.15) is 36.6 Å². The average molecular weight is 318 g/mol. The summed E-state index contributed by atoms with van der Waals surface area (Å²) in [4.78, 5) is 18.5. The highest BCUT2D eigenvalue weighted by molar-refractivity contribution is 6.30. The van der Waals surface area contributed by atoms with Gasteiger partial charge in [0, 0.05) is 29.6 Å². The summed E-state index contributed by atoms with van der Waals surface area (Å²) >= 11 is 6.04. The second-order valence-electron chi connectivity index (χ2n) is 6.09. The fourth-order valence-corrected chi connectivity index (χ4v) is 3.15. The third kappa shape index (κ3) is 2.39. The van der Waals surface area contributed by atoms with Crippen LogP contribution in [0.3, 0.4) is 0 Å². The van der Waals surface area contributed by atoms with Crippen molar-refractivity contribution in [3.63, 3.8) is 0 Å². The Morgan fingerprint density at radius 2 is 2.18 bits per heavy atom. The van der Waals surface area contributed by atoms with Gasteiger partial charge in [0.2, 0.25) is 17.6 Å². The molecule has 1 amide bonds. The van der Waals surface area contributed by atoms with Crippen LogP contribution in [-0.2, 0) is 4.79 Å². The minimum atomic E-state index is 0.00819. The van der Waals surface area contributed by atoms with Crippen molar-refractivity contribution in [3.8, 4) is 11.4 Å². The predicted molar refractivity (Wildman–Crippen MR) is 81.6 cm³/mol. The highest BCUT2D eigenvalue weighted by Crippen LogP contribution is 2.36. The molecule has 4 rings (SSSR count). The van der Waals surface area contributed by atoms with Gasteiger partial charge in [-0.15, -0.1) is 0 Å². The minimum Gasteiger partial charge on any atom is -0.339 e. The summed E-state index contributed by atoms with van der Waals surface area (Å²) < 4.78 is 5.41. The smallest absolute Gasteiger partial charge is 0.232 e. The van der Waals surface area contributed by atoms with E-state index in [1.807, 2.05) is 30.0 Å². The lowest BCUT2D eigenvalue weighted by molar-refractivity contribution is -0.128. The van der Waals surface area contributed by atoms with E-state index in [9.17, 15) is 4.79 Å². The van der Waals surface area contributed by atoms with Gasteiger partial charge in [0.15, 0.2) is 0 Å². The largest absolute Gasteiger partial charge is 0.339 e. The average Bonchev–Trinajstić information content (AvgIpc) is 3.08. The van der Waals surface area contributed by atoms with Crippen LogP contribution in [0.2, 0.25) is 5.02 Å². The maximum Gasteiger partial charge on any atom is 0.232 e. The zero-order valence-electron chi connectivity index (χ0n) is 12.3. The van der Waals surface area contributed by atoms with Crippen molar-refractivity contribution >= 4 is 17.5 Å². The SMILES string of the molecule is Cc1ccc(Cl)cc1-c1noc([C@@H]2CC(=O)N(C3CC3)C2)n1. The third-order valence-electron chi connectivity index (χ3n) is 4.38. The molecular formula is C16H16ClN3O2. The Bertz CT molecular complexity index is 739. The molecule has 2 aliphatic rings. The molecule has 1 saturated heterocycles. The highest BCUT2D eigenvalue weighted by atomic mass is 35.5. The van der Waals surface area contributed by atoms with Crippen molar-refractivity contribution in [1.29, 1.82) is 0 Å². The maximum absolute atomic E-state index is 12.0. The molecule has 0 spiro atoms. The molecule has 2 heterocycles. The molecular weight excluding hydrogens is 302 g/mol. The van der Waals surface area contributed by atoms with Crippen LogP contribution in [-0.4, -0.2) is 33.5 Å². The molecule has 0 N–H and O–H groups in total. The molecule has 1 aliphatic heterocycles. The van der Waals surface area contributed by atoms with E-state index in [0.717, 1.165) is 24.0 Å². The number of rotatable bonds is 3. The fourth-order valence-electron chi connectivity index (χ4n) is 2.98. The van der Waals surface area contributed by atoms with Gasteiger partial charge in [-0.25, -0.2) is 0 Å². The van der Waals surface area contributed by atoms with Crippen LogP contribution in [0.15, 0.2) is 22.7 Å². The van der Waals surface area contributed by atoms with Gasteiger partial charge in [-0.1, -0.05) is 22.8 Å². The van der Waals surface area contributed by atoms with Crippen LogP contribution < -0.4 is 0 Å². The van der Waals surface area contributed by atoms with Gasteiger partial charge in [0.25, 0.3) is 0 Å². The van der Waals surface area contributed by atoms with Crippen molar-refractivity contribution in [2.24, 2.45) is 0 Å². The van der Waals surface area contributed by atoms with E-state index in [1.165, 1.54) is 0 Å². The molecule has 5 nitrogen and oxygen atoms in total. The first-order valence-electron chi connectivity index (χ1n) is 7.51. The number of carbonyl (C=O) groups excluding carboxylic acids is 1. The van der Waals surface area contributed by atoms with Gasteiger partial charge < -0.3 is 9.42 Å². The van der Waals surface area contributed by atoms with Gasteiger partial charge >= 0.3 is 0 Å². The van der Waals surface area contributed by atoms with Gasteiger partial charge in [0.1, 0.15) is 0 Å². The van der Waals surface area contributed by atoms with Crippen molar-refractivity contribution in [2.75, 3.05) is 6.54 Å². The number of aromatic nitrogens is 2. The lowest BCUT2D eigenvalue weighted by atomic mass is 10.1. The van der Waals surface area contributed by atoms with Gasteiger partial charge in [-0.2, -0.15) is 4.98 Å². The Labute approximate surface area is 133 Å². The van der Waals surface area contributed by atoms with Gasteiger partial charge in [0.05, 0.1) is 5.92 Å². The Balaban J connectivity index is 1.59. The number of benzene rings is 1. The molecule has 1 saturated carbocycles. The van der Waals surface area contributed by atoms with Crippen LogP contribution in [0.4, 0.5) is 0 Å². The molecule has 1 atom stereocenters. The van der Waals surface area contributed by atoms with E-state index < -0.39 is 0 Å². The number of hydrogen-bond acceptors (Lipinski definition) is 4. The van der Waals surface area contributed by atoms with Crippen molar-refractivity contribution in [3.05, 3.63) is 34.7 Å². The first-order chi connectivity index (χ1) is 10.6. The Morgan fingerprint density at radius 3 is 2.95 bits per heavy atom. The standard InChI is InChI=1S/C16H16ClN3O2/c1-9-2-3-11(17)7-13(9)15-18-16(22-19-15)10-6-14(21)20(8-10)12-4-5-12/h2-3,7,10,12H,4-6,8H2,1H3/t10-/m1/s1. The molecule has 1 aromatic carbocycles. The third-order valence-corrected chi connectivity index (χ3v) is 4.61. The number of hydrogen-bond donors (Lipinski definition) is 0. The lowest BCUT2D eigenvalue weighted by Gasteiger charge is -2.13. The van der Waals surface area contributed by atoms with Crippen LogP contribution >= 0.6 is 11.6 Å². The van der Waals surface area contributed by atoms with Crippen LogP contribution in [0.5, 0.6) is 0 Å². The normalized spacial score (nSPS) is 21.6. The number of amides is 1. The molecule has 2 fully saturated rings. The molecule has 0 unspecified atom stereocenters. The summed E-state index contributed by atoms with van der Waals surface area (Å²) in [7, 11) is 0. The molecule has 1 aliphatic carbocycles. The van der Waals surface area contributed by atoms with Crippen LogP contribution in [0.25, 0.3) is 11.4 Å². The minimum absolute atomic E-state index is 0.00819. The predicted octanol–water partition coefficient (Wildman–Crippen LogP) is 3.18. The number of aryl methyl sites for hydroxylation is 1. The molecule has 6 heteroatoms. The topological polar surface area (TPSA) is 59.2 Å². The van der Waals surface area contributed by atoms with E-state index in [1.54, 1.807) is 0 Å². The summed E-state index contributed by atoms with van der Waals surface area (Å²) in [5.74, 6) is 1.29. The van der Waals surface area contributed by atoms with Gasteiger partial charge in [-0.3, -0.25) is 4.79 Å². The maximum atomic E-state index is 12.0. The summed E-state index contributed by atoms with van der Waals surface area (Å²) in [6.07, 6.45) is 2.71. The summed E-state index contributed by atoms with van der Waals surface area (Å²) in [6.45, 7) is 2.68. The molecule has 22 heavy (non-hydrogen) atoms. The Hall–Kier alpha value is -1.88. The molecule has 1 aromatic heterocycles. The van der Waals surface area contributed by atoms with E-state index in [0.29, 0.717) is 35.7 Å². The molecule has 0 bridgehead atoms.